The predicted molar refractivity (Wildman–Crippen MR) is 64.5 cm³/mol. The Hall–Kier alpha value is -1.62. The van der Waals surface area contributed by atoms with Crippen molar-refractivity contribution in [3.05, 3.63) is 30.1 Å². The molecule has 0 aliphatic carbocycles. The molecule has 1 atom stereocenters. The van der Waals surface area contributed by atoms with E-state index in [2.05, 4.69) is 0 Å². The van der Waals surface area contributed by atoms with E-state index in [1.54, 1.807) is 12.1 Å². The summed E-state index contributed by atoms with van der Waals surface area (Å²) in [5.41, 5.74) is 6.30. The molecule has 17 heavy (non-hydrogen) atoms. The molecule has 1 unspecified atom stereocenters. The first kappa shape index (κ1) is 13.4. The molecule has 0 spiro atoms. The van der Waals surface area contributed by atoms with E-state index < -0.39 is 12.0 Å². The highest BCUT2D eigenvalue weighted by atomic mass is 19.1. The van der Waals surface area contributed by atoms with E-state index in [1.807, 2.05) is 11.8 Å². The predicted octanol–water partition coefficient (Wildman–Crippen LogP) is 1.45. The average molecular weight is 240 g/mol. The summed E-state index contributed by atoms with van der Waals surface area (Å²) < 4.78 is 12.8. The van der Waals surface area contributed by atoms with E-state index in [-0.39, 0.29) is 5.82 Å². The Morgan fingerprint density at radius 2 is 2.06 bits per heavy atom. The standard InChI is InChI=1S/C12H17FN2O2/c1-2-15(8-7-11(14)12(16)17)10-5-3-9(13)4-6-10/h3-6,11H,2,7-8,14H2,1H3,(H,16,17). The number of carboxylic acid groups (broad SMARTS) is 1. The summed E-state index contributed by atoms with van der Waals surface area (Å²) in [4.78, 5) is 12.5. The molecule has 1 aromatic rings. The number of nitrogens with zero attached hydrogens (tertiary/aromatic N) is 1. The minimum atomic E-state index is -1.000. The van der Waals surface area contributed by atoms with Gasteiger partial charge in [0.15, 0.2) is 0 Å². The van der Waals surface area contributed by atoms with Gasteiger partial charge in [-0.25, -0.2) is 4.39 Å². The second-order valence-corrected chi connectivity index (χ2v) is 3.79. The number of benzene rings is 1. The van der Waals surface area contributed by atoms with Gasteiger partial charge in [0, 0.05) is 18.8 Å². The highest BCUT2D eigenvalue weighted by Gasteiger charge is 2.13. The van der Waals surface area contributed by atoms with Crippen LogP contribution in [0.4, 0.5) is 10.1 Å². The molecule has 1 rings (SSSR count). The van der Waals surface area contributed by atoms with E-state index in [4.69, 9.17) is 10.8 Å². The molecule has 0 saturated carbocycles. The maximum Gasteiger partial charge on any atom is 0.320 e. The summed E-state index contributed by atoms with van der Waals surface area (Å²) in [7, 11) is 0. The zero-order valence-electron chi connectivity index (χ0n) is 9.77. The van der Waals surface area contributed by atoms with Gasteiger partial charge in [0.2, 0.25) is 0 Å². The Balaban J connectivity index is 2.60. The van der Waals surface area contributed by atoms with Crippen molar-refractivity contribution < 1.29 is 14.3 Å². The molecule has 0 aliphatic rings. The van der Waals surface area contributed by atoms with Crippen molar-refractivity contribution in [1.82, 2.24) is 0 Å². The summed E-state index contributed by atoms with van der Waals surface area (Å²) in [6, 6.07) is 5.25. The molecule has 3 N–H and O–H groups in total. The molecule has 0 aliphatic heterocycles. The number of hydrogen-bond acceptors (Lipinski definition) is 3. The fourth-order valence-corrected chi connectivity index (χ4v) is 1.54. The van der Waals surface area contributed by atoms with Crippen LogP contribution in [0.2, 0.25) is 0 Å². The van der Waals surface area contributed by atoms with Crippen LogP contribution in [0.3, 0.4) is 0 Å². The van der Waals surface area contributed by atoms with Gasteiger partial charge >= 0.3 is 5.97 Å². The topological polar surface area (TPSA) is 66.6 Å². The van der Waals surface area contributed by atoms with Gasteiger partial charge in [0.05, 0.1) is 0 Å². The molecule has 1 aromatic carbocycles. The van der Waals surface area contributed by atoms with E-state index in [9.17, 15) is 9.18 Å². The smallest absolute Gasteiger partial charge is 0.320 e. The molecule has 0 saturated heterocycles. The third kappa shape index (κ3) is 4.03. The van der Waals surface area contributed by atoms with Crippen LogP contribution in [0, 0.1) is 5.82 Å². The Morgan fingerprint density at radius 3 is 2.53 bits per heavy atom. The molecular weight excluding hydrogens is 223 g/mol. The van der Waals surface area contributed by atoms with Crippen molar-refractivity contribution in [2.24, 2.45) is 5.73 Å². The zero-order chi connectivity index (χ0) is 12.8. The third-order valence-electron chi connectivity index (χ3n) is 2.60. The monoisotopic (exact) mass is 240 g/mol. The molecule has 94 valence electrons. The largest absolute Gasteiger partial charge is 0.480 e. The van der Waals surface area contributed by atoms with Crippen LogP contribution in [0.1, 0.15) is 13.3 Å². The van der Waals surface area contributed by atoms with Gasteiger partial charge in [-0.15, -0.1) is 0 Å². The molecule has 0 radical (unpaired) electrons. The molecule has 0 heterocycles. The lowest BCUT2D eigenvalue weighted by atomic mass is 10.2. The fourth-order valence-electron chi connectivity index (χ4n) is 1.54. The molecule has 0 bridgehead atoms. The minimum absolute atomic E-state index is 0.285. The summed E-state index contributed by atoms with van der Waals surface area (Å²) >= 11 is 0. The number of rotatable bonds is 6. The summed E-state index contributed by atoms with van der Waals surface area (Å²) in [5, 5.41) is 8.68. The van der Waals surface area contributed by atoms with Gasteiger partial charge in [0.1, 0.15) is 11.9 Å². The Morgan fingerprint density at radius 1 is 1.47 bits per heavy atom. The molecule has 0 aromatic heterocycles. The van der Waals surface area contributed by atoms with Gasteiger partial charge in [-0.3, -0.25) is 4.79 Å². The van der Waals surface area contributed by atoms with Crippen molar-refractivity contribution in [1.29, 1.82) is 0 Å². The van der Waals surface area contributed by atoms with Gasteiger partial charge in [-0.1, -0.05) is 0 Å². The third-order valence-corrected chi connectivity index (χ3v) is 2.60. The van der Waals surface area contributed by atoms with Crippen LogP contribution < -0.4 is 10.6 Å². The van der Waals surface area contributed by atoms with Crippen molar-refractivity contribution in [2.45, 2.75) is 19.4 Å². The van der Waals surface area contributed by atoms with Crippen LogP contribution in [-0.2, 0) is 4.79 Å². The Labute approximate surface area is 99.8 Å². The van der Waals surface area contributed by atoms with Crippen molar-refractivity contribution in [3.8, 4) is 0 Å². The van der Waals surface area contributed by atoms with Gasteiger partial charge < -0.3 is 15.7 Å². The Kier molecular flexibility index (Phi) is 4.90. The number of nitrogens with two attached hydrogens (primary N) is 1. The number of carboxylic acids is 1. The summed E-state index contributed by atoms with van der Waals surface area (Å²) in [5.74, 6) is -1.29. The van der Waals surface area contributed by atoms with E-state index in [0.717, 1.165) is 12.2 Å². The number of carbonyl (C=O) groups is 1. The second-order valence-electron chi connectivity index (χ2n) is 3.79. The maximum atomic E-state index is 12.8. The fraction of sp³-hybridized carbons (Fsp3) is 0.417. The highest BCUT2D eigenvalue weighted by molar-refractivity contribution is 5.73. The lowest BCUT2D eigenvalue weighted by molar-refractivity contribution is -0.138. The number of halogens is 1. The van der Waals surface area contributed by atoms with Crippen LogP contribution in [-0.4, -0.2) is 30.2 Å². The lowest BCUT2D eigenvalue weighted by Gasteiger charge is -2.23. The van der Waals surface area contributed by atoms with Gasteiger partial charge in [-0.2, -0.15) is 0 Å². The van der Waals surface area contributed by atoms with E-state index in [0.29, 0.717) is 13.0 Å². The molecular formula is C12H17FN2O2. The Bertz CT molecular complexity index is 367. The molecule has 4 nitrogen and oxygen atoms in total. The van der Waals surface area contributed by atoms with E-state index in [1.165, 1.54) is 12.1 Å². The number of hydrogen-bond donors (Lipinski definition) is 2. The minimum Gasteiger partial charge on any atom is -0.480 e. The molecule has 5 heteroatoms. The van der Waals surface area contributed by atoms with Crippen LogP contribution >= 0.6 is 0 Å². The second kappa shape index (κ2) is 6.20. The average Bonchev–Trinajstić information content (AvgIpc) is 2.31. The normalized spacial score (nSPS) is 12.2. The maximum absolute atomic E-state index is 12.8. The van der Waals surface area contributed by atoms with Crippen molar-refractivity contribution in [2.75, 3.05) is 18.0 Å². The van der Waals surface area contributed by atoms with Crippen LogP contribution in [0.15, 0.2) is 24.3 Å². The van der Waals surface area contributed by atoms with Gasteiger partial charge in [-0.05, 0) is 37.6 Å². The molecule has 0 fully saturated rings. The first-order chi connectivity index (χ1) is 8.04. The first-order valence-corrected chi connectivity index (χ1v) is 5.53. The van der Waals surface area contributed by atoms with E-state index >= 15 is 0 Å². The van der Waals surface area contributed by atoms with Crippen molar-refractivity contribution in [3.63, 3.8) is 0 Å². The van der Waals surface area contributed by atoms with Crippen molar-refractivity contribution >= 4 is 11.7 Å². The summed E-state index contributed by atoms with van der Waals surface area (Å²) in [6.45, 7) is 3.21. The number of anilines is 1. The van der Waals surface area contributed by atoms with Crippen LogP contribution in [0.5, 0.6) is 0 Å². The summed E-state index contributed by atoms with van der Waals surface area (Å²) in [6.07, 6.45) is 0.362. The lowest BCUT2D eigenvalue weighted by Crippen LogP contribution is -2.35. The number of aliphatic carboxylic acids is 1. The quantitative estimate of drug-likeness (QED) is 0.790. The zero-order valence-corrected chi connectivity index (χ0v) is 9.77. The van der Waals surface area contributed by atoms with Crippen LogP contribution in [0.25, 0.3) is 0 Å². The van der Waals surface area contributed by atoms with Gasteiger partial charge in [0.25, 0.3) is 0 Å². The molecule has 0 amide bonds. The highest BCUT2D eigenvalue weighted by Crippen LogP contribution is 2.15. The SMILES string of the molecule is CCN(CCC(N)C(=O)O)c1ccc(F)cc1. The first-order valence-electron chi connectivity index (χ1n) is 5.53.